The average Bonchev–Trinajstić information content (AvgIpc) is 3.02. The van der Waals surface area contributed by atoms with Crippen LogP contribution in [-0.2, 0) is 17.8 Å². The molecule has 6 heteroatoms. The summed E-state index contributed by atoms with van der Waals surface area (Å²) < 4.78 is 9.17. The molecule has 1 N–H and O–H groups in total. The highest BCUT2D eigenvalue weighted by Crippen LogP contribution is 2.07. The molecule has 0 spiro atoms. The van der Waals surface area contributed by atoms with Gasteiger partial charge in [-0.1, -0.05) is 0 Å². The molecule has 0 aliphatic rings. The molecular formula is C13H21N5O. The molecule has 0 saturated carbocycles. The van der Waals surface area contributed by atoms with Crippen LogP contribution in [0, 0.1) is 0 Å². The molecule has 6 nitrogen and oxygen atoms in total. The highest BCUT2D eigenvalue weighted by atomic mass is 16.5. The van der Waals surface area contributed by atoms with Gasteiger partial charge in [-0.05, 0) is 19.4 Å². The molecule has 19 heavy (non-hydrogen) atoms. The van der Waals surface area contributed by atoms with Gasteiger partial charge in [0.1, 0.15) is 0 Å². The smallest absolute Gasteiger partial charge is 0.203 e. The van der Waals surface area contributed by atoms with Gasteiger partial charge in [0.25, 0.3) is 0 Å². The summed E-state index contributed by atoms with van der Waals surface area (Å²) in [5.74, 6) is 0.894. The van der Waals surface area contributed by atoms with Crippen LogP contribution in [-0.4, -0.2) is 39.1 Å². The maximum Gasteiger partial charge on any atom is 0.203 e. The number of ether oxygens (including phenoxy) is 1. The first-order valence-corrected chi connectivity index (χ1v) is 6.53. The summed E-state index contributed by atoms with van der Waals surface area (Å²) in [6.07, 6.45) is 8.61. The first kappa shape index (κ1) is 13.6. The van der Waals surface area contributed by atoms with Gasteiger partial charge in [-0.15, -0.1) is 0 Å². The molecule has 1 atom stereocenters. The van der Waals surface area contributed by atoms with E-state index in [0.29, 0.717) is 6.61 Å². The topological polar surface area (TPSA) is 56.9 Å². The molecule has 1 unspecified atom stereocenters. The van der Waals surface area contributed by atoms with Gasteiger partial charge in [-0.3, -0.25) is 4.68 Å². The minimum Gasteiger partial charge on any atom is -0.383 e. The number of nitrogens with one attached hydrogen (secondary N) is 1. The molecule has 104 valence electrons. The van der Waals surface area contributed by atoms with E-state index in [1.54, 1.807) is 13.3 Å². The van der Waals surface area contributed by atoms with Gasteiger partial charge in [0.05, 0.1) is 6.61 Å². The SMILES string of the molecule is COCC(C)Nc1nccn1CCCn1cccn1. The van der Waals surface area contributed by atoms with E-state index in [-0.39, 0.29) is 6.04 Å². The molecule has 2 aromatic heterocycles. The second kappa shape index (κ2) is 6.94. The molecule has 0 aromatic carbocycles. The summed E-state index contributed by atoms with van der Waals surface area (Å²) in [6.45, 7) is 4.58. The number of anilines is 1. The number of methoxy groups -OCH3 is 1. The molecule has 2 aromatic rings. The van der Waals surface area contributed by atoms with Crippen LogP contribution in [0.25, 0.3) is 0 Å². The van der Waals surface area contributed by atoms with E-state index in [9.17, 15) is 0 Å². The number of imidazole rings is 1. The highest BCUT2D eigenvalue weighted by Gasteiger charge is 2.06. The predicted octanol–water partition coefficient (Wildman–Crippen LogP) is 1.62. The van der Waals surface area contributed by atoms with Crippen LogP contribution in [0.1, 0.15) is 13.3 Å². The van der Waals surface area contributed by atoms with Gasteiger partial charge in [0.15, 0.2) is 0 Å². The number of rotatable bonds is 8. The molecule has 0 aliphatic heterocycles. The normalized spacial score (nSPS) is 12.5. The van der Waals surface area contributed by atoms with E-state index in [4.69, 9.17) is 4.74 Å². The third kappa shape index (κ3) is 4.10. The number of nitrogens with zero attached hydrogens (tertiary/aromatic N) is 4. The zero-order valence-corrected chi connectivity index (χ0v) is 11.5. The van der Waals surface area contributed by atoms with Gasteiger partial charge in [0, 0.05) is 51.0 Å². The fourth-order valence-corrected chi connectivity index (χ4v) is 1.98. The molecule has 0 saturated heterocycles. The Balaban J connectivity index is 1.81. The minimum atomic E-state index is 0.247. The predicted molar refractivity (Wildman–Crippen MR) is 74.0 cm³/mol. The minimum absolute atomic E-state index is 0.247. The summed E-state index contributed by atoms with van der Waals surface area (Å²) in [4.78, 5) is 4.33. The van der Waals surface area contributed by atoms with Crippen molar-refractivity contribution in [2.45, 2.75) is 32.5 Å². The Labute approximate surface area is 113 Å². The number of hydrogen-bond donors (Lipinski definition) is 1. The molecule has 0 bridgehead atoms. The van der Waals surface area contributed by atoms with Crippen LogP contribution in [0.2, 0.25) is 0 Å². The van der Waals surface area contributed by atoms with Crippen molar-refractivity contribution >= 4 is 5.95 Å². The van der Waals surface area contributed by atoms with Gasteiger partial charge in [0.2, 0.25) is 5.95 Å². The number of aromatic nitrogens is 4. The van der Waals surface area contributed by atoms with Crippen LogP contribution >= 0.6 is 0 Å². The molecule has 2 heterocycles. The van der Waals surface area contributed by atoms with Gasteiger partial charge >= 0.3 is 0 Å². The van der Waals surface area contributed by atoms with E-state index in [0.717, 1.165) is 25.5 Å². The molecule has 0 amide bonds. The maximum absolute atomic E-state index is 5.11. The van der Waals surface area contributed by atoms with Crippen LogP contribution in [0.15, 0.2) is 30.9 Å². The van der Waals surface area contributed by atoms with Crippen LogP contribution < -0.4 is 5.32 Å². The Morgan fingerprint density at radius 1 is 1.32 bits per heavy atom. The number of aryl methyl sites for hydroxylation is 2. The molecule has 0 aliphatic carbocycles. The second-order valence-electron chi connectivity index (χ2n) is 4.57. The lowest BCUT2D eigenvalue weighted by molar-refractivity contribution is 0.190. The number of hydrogen-bond acceptors (Lipinski definition) is 4. The van der Waals surface area contributed by atoms with Crippen molar-refractivity contribution in [1.29, 1.82) is 0 Å². The van der Waals surface area contributed by atoms with Crippen molar-refractivity contribution in [1.82, 2.24) is 19.3 Å². The third-order valence-electron chi connectivity index (χ3n) is 2.85. The molecular weight excluding hydrogens is 242 g/mol. The zero-order chi connectivity index (χ0) is 13.5. The fraction of sp³-hybridized carbons (Fsp3) is 0.538. The Kier molecular flexibility index (Phi) is 4.97. The summed E-state index contributed by atoms with van der Waals surface area (Å²) in [5, 5.41) is 7.53. The summed E-state index contributed by atoms with van der Waals surface area (Å²) >= 11 is 0. The van der Waals surface area contributed by atoms with E-state index in [2.05, 4.69) is 26.9 Å². The van der Waals surface area contributed by atoms with Crippen LogP contribution in [0.5, 0.6) is 0 Å². The van der Waals surface area contributed by atoms with Crippen molar-refractivity contribution in [3.8, 4) is 0 Å². The zero-order valence-electron chi connectivity index (χ0n) is 11.5. The summed E-state index contributed by atoms with van der Waals surface area (Å²) in [6, 6.07) is 2.19. The lowest BCUT2D eigenvalue weighted by atomic mass is 10.4. The Hall–Kier alpha value is -1.82. The quantitative estimate of drug-likeness (QED) is 0.786. The average molecular weight is 263 g/mol. The highest BCUT2D eigenvalue weighted by molar-refractivity contribution is 5.27. The molecule has 0 radical (unpaired) electrons. The first-order valence-electron chi connectivity index (χ1n) is 6.53. The van der Waals surface area contributed by atoms with Crippen molar-refractivity contribution < 1.29 is 4.74 Å². The van der Waals surface area contributed by atoms with E-state index in [1.165, 1.54) is 0 Å². The maximum atomic E-state index is 5.11. The third-order valence-corrected chi connectivity index (χ3v) is 2.85. The fourth-order valence-electron chi connectivity index (χ4n) is 1.98. The Morgan fingerprint density at radius 3 is 2.95 bits per heavy atom. The molecule has 2 rings (SSSR count). The van der Waals surface area contributed by atoms with E-state index >= 15 is 0 Å². The van der Waals surface area contributed by atoms with Crippen molar-refractivity contribution in [2.24, 2.45) is 0 Å². The van der Waals surface area contributed by atoms with Gasteiger partial charge < -0.3 is 14.6 Å². The van der Waals surface area contributed by atoms with Crippen molar-refractivity contribution in [3.63, 3.8) is 0 Å². The van der Waals surface area contributed by atoms with Gasteiger partial charge in [-0.2, -0.15) is 5.10 Å². The monoisotopic (exact) mass is 263 g/mol. The van der Waals surface area contributed by atoms with Crippen LogP contribution in [0.3, 0.4) is 0 Å². The summed E-state index contributed by atoms with van der Waals surface area (Å²) in [5.41, 5.74) is 0. The van der Waals surface area contributed by atoms with E-state index in [1.807, 2.05) is 29.3 Å². The standard InChI is InChI=1S/C13H21N5O/c1-12(11-19-2)16-13-14-6-10-17(13)7-4-9-18-8-3-5-15-18/h3,5-6,8,10,12H,4,7,9,11H2,1-2H3,(H,14,16). The van der Waals surface area contributed by atoms with Crippen LogP contribution in [0.4, 0.5) is 5.95 Å². The Morgan fingerprint density at radius 2 is 2.21 bits per heavy atom. The van der Waals surface area contributed by atoms with Crippen molar-refractivity contribution in [3.05, 3.63) is 30.9 Å². The lowest BCUT2D eigenvalue weighted by Crippen LogP contribution is -2.23. The largest absolute Gasteiger partial charge is 0.383 e. The first-order chi connectivity index (χ1) is 9.29. The lowest BCUT2D eigenvalue weighted by Gasteiger charge is -2.15. The van der Waals surface area contributed by atoms with E-state index < -0.39 is 0 Å². The van der Waals surface area contributed by atoms with Crippen molar-refractivity contribution in [2.75, 3.05) is 19.0 Å². The second-order valence-corrected chi connectivity index (χ2v) is 4.57. The Bertz CT molecular complexity index is 465. The summed E-state index contributed by atoms with van der Waals surface area (Å²) in [7, 11) is 1.70. The molecule has 0 fully saturated rings. The van der Waals surface area contributed by atoms with Gasteiger partial charge in [-0.25, -0.2) is 4.98 Å².